The summed E-state index contributed by atoms with van der Waals surface area (Å²) in [5, 5.41) is 3.27. The molecule has 0 saturated heterocycles. The van der Waals surface area contributed by atoms with E-state index in [0.29, 0.717) is 19.0 Å². The van der Waals surface area contributed by atoms with Gasteiger partial charge in [0.1, 0.15) is 0 Å². The van der Waals surface area contributed by atoms with Crippen LogP contribution in [0.4, 0.5) is 13.2 Å². The van der Waals surface area contributed by atoms with Crippen LogP contribution in [0.25, 0.3) is 0 Å². The van der Waals surface area contributed by atoms with Crippen LogP contribution in [0.1, 0.15) is 38.7 Å². The molecule has 0 fully saturated rings. The fraction of sp³-hybridized carbons (Fsp3) is 0.643. The molecule has 0 bridgehead atoms. The van der Waals surface area contributed by atoms with Crippen LogP contribution in [0.3, 0.4) is 0 Å². The lowest BCUT2D eigenvalue weighted by Gasteiger charge is -2.13. The number of nitrogens with zero attached hydrogens (tertiary/aromatic N) is 1. The fourth-order valence-corrected chi connectivity index (χ4v) is 2.06. The predicted octanol–water partition coefficient (Wildman–Crippen LogP) is 3.04. The molecule has 1 atom stereocenters. The van der Waals surface area contributed by atoms with Gasteiger partial charge in [0.25, 0.3) is 5.56 Å². The van der Waals surface area contributed by atoms with E-state index in [1.165, 1.54) is 0 Å². The summed E-state index contributed by atoms with van der Waals surface area (Å²) in [5.74, 6) is 0. The largest absolute Gasteiger partial charge is 0.417 e. The Morgan fingerprint density at radius 3 is 2.60 bits per heavy atom. The van der Waals surface area contributed by atoms with E-state index in [0.717, 1.165) is 42.3 Å². The second kappa shape index (κ2) is 7.47. The van der Waals surface area contributed by atoms with E-state index < -0.39 is 17.3 Å². The second-order valence-corrected chi connectivity index (χ2v) is 4.90. The Hall–Kier alpha value is -1.30. The Labute approximate surface area is 116 Å². The van der Waals surface area contributed by atoms with Crippen molar-refractivity contribution in [2.45, 2.75) is 51.9 Å². The molecule has 0 aliphatic heterocycles. The molecule has 1 unspecified atom stereocenters. The van der Waals surface area contributed by atoms with Crippen LogP contribution in [0.2, 0.25) is 0 Å². The number of aryl methyl sites for hydroxylation is 1. The van der Waals surface area contributed by atoms with Crippen molar-refractivity contribution in [2.75, 3.05) is 6.54 Å². The molecule has 0 radical (unpaired) electrons. The maximum atomic E-state index is 12.6. The number of aromatic nitrogens is 1. The van der Waals surface area contributed by atoms with Gasteiger partial charge >= 0.3 is 6.18 Å². The van der Waals surface area contributed by atoms with Gasteiger partial charge in [-0.05, 0) is 32.4 Å². The van der Waals surface area contributed by atoms with Gasteiger partial charge in [-0.25, -0.2) is 0 Å². The molecule has 0 aromatic carbocycles. The number of rotatable bonds is 7. The maximum Gasteiger partial charge on any atom is 0.417 e. The molecule has 114 valence electrons. The van der Waals surface area contributed by atoms with Crippen molar-refractivity contribution in [1.29, 1.82) is 0 Å². The van der Waals surface area contributed by atoms with Crippen molar-refractivity contribution in [3.8, 4) is 0 Å². The first kappa shape index (κ1) is 16.8. The standard InChI is InChI=1S/C14H21F3N2O/c1-3-18-11(2)6-4-5-9-19-10-12(14(15,16)17)7-8-13(19)20/h7-8,10-11,18H,3-6,9H2,1-2H3. The Morgan fingerprint density at radius 2 is 2.00 bits per heavy atom. The Bertz CT molecular complexity index is 468. The number of hydrogen-bond donors (Lipinski definition) is 1. The van der Waals surface area contributed by atoms with Crippen LogP contribution in [0, 0.1) is 0 Å². The highest BCUT2D eigenvalue weighted by Crippen LogP contribution is 2.28. The summed E-state index contributed by atoms with van der Waals surface area (Å²) < 4.78 is 38.8. The van der Waals surface area contributed by atoms with E-state index in [-0.39, 0.29) is 0 Å². The topological polar surface area (TPSA) is 34.0 Å². The molecule has 6 heteroatoms. The number of alkyl halides is 3. The minimum atomic E-state index is -4.41. The van der Waals surface area contributed by atoms with E-state index in [1.54, 1.807) is 0 Å². The molecule has 20 heavy (non-hydrogen) atoms. The zero-order chi connectivity index (χ0) is 15.2. The number of unbranched alkanes of at least 4 members (excludes halogenated alkanes) is 1. The Morgan fingerprint density at radius 1 is 1.30 bits per heavy atom. The van der Waals surface area contributed by atoms with Gasteiger partial charge < -0.3 is 9.88 Å². The third kappa shape index (κ3) is 5.36. The van der Waals surface area contributed by atoms with Gasteiger partial charge in [0, 0.05) is 24.8 Å². The lowest BCUT2D eigenvalue weighted by atomic mass is 10.1. The van der Waals surface area contributed by atoms with E-state index in [9.17, 15) is 18.0 Å². The van der Waals surface area contributed by atoms with Crippen molar-refractivity contribution < 1.29 is 13.2 Å². The second-order valence-electron chi connectivity index (χ2n) is 4.90. The monoisotopic (exact) mass is 290 g/mol. The van der Waals surface area contributed by atoms with Crippen molar-refractivity contribution in [1.82, 2.24) is 9.88 Å². The molecular formula is C14H21F3N2O. The number of pyridine rings is 1. The smallest absolute Gasteiger partial charge is 0.315 e. The van der Waals surface area contributed by atoms with Crippen LogP contribution in [0.15, 0.2) is 23.1 Å². The van der Waals surface area contributed by atoms with Gasteiger partial charge in [0.05, 0.1) is 5.56 Å². The molecule has 0 spiro atoms. The van der Waals surface area contributed by atoms with E-state index in [1.807, 2.05) is 6.92 Å². The van der Waals surface area contributed by atoms with Gasteiger partial charge in [-0.3, -0.25) is 4.79 Å². The third-order valence-electron chi connectivity index (χ3n) is 3.15. The van der Waals surface area contributed by atoms with Crippen molar-refractivity contribution in [2.24, 2.45) is 0 Å². The van der Waals surface area contributed by atoms with E-state index in [4.69, 9.17) is 0 Å². The summed E-state index contributed by atoms with van der Waals surface area (Å²) in [4.78, 5) is 11.5. The van der Waals surface area contributed by atoms with Crippen LogP contribution in [-0.4, -0.2) is 17.2 Å². The predicted molar refractivity (Wildman–Crippen MR) is 72.7 cm³/mol. The summed E-state index contributed by atoms with van der Waals surface area (Å²) in [6.07, 6.45) is -1.000. The lowest BCUT2D eigenvalue weighted by molar-refractivity contribution is -0.138. The average Bonchev–Trinajstić information content (AvgIpc) is 2.35. The van der Waals surface area contributed by atoms with Gasteiger partial charge in [0.15, 0.2) is 0 Å². The molecule has 1 heterocycles. The number of hydrogen-bond acceptors (Lipinski definition) is 2. The van der Waals surface area contributed by atoms with Crippen molar-refractivity contribution in [3.63, 3.8) is 0 Å². The normalized spacial score (nSPS) is 13.4. The SMILES string of the molecule is CCNC(C)CCCCn1cc(C(F)(F)F)ccc1=O. The highest BCUT2D eigenvalue weighted by atomic mass is 19.4. The molecular weight excluding hydrogens is 269 g/mol. The van der Waals surface area contributed by atoms with Gasteiger partial charge in [-0.2, -0.15) is 13.2 Å². The fourth-order valence-electron chi connectivity index (χ4n) is 2.06. The highest BCUT2D eigenvalue weighted by molar-refractivity contribution is 5.13. The average molecular weight is 290 g/mol. The Balaban J connectivity index is 2.54. The summed E-state index contributed by atoms with van der Waals surface area (Å²) in [7, 11) is 0. The number of halogens is 3. The minimum Gasteiger partial charge on any atom is -0.315 e. The van der Waals surface area contributed by atoms with E-state index >= 15 is 0 Å². The zero-order valence-corrected chi connectivity index (χ0v) is 11.8. The first-order chi connectivity index (χ1) is 9.34. The maximum absolute atomic E-state index is 12.6. The van der Waals surface area contributed by atoms with Crippen molar-refractivity contribution in [3.05, 3.63) is 34.2 Å². The van der Waals surface area contributed by atoms with Gasteiger partial charge in [-0.1, -0.05) is 13.3 Å². The molecule has 0 aliphatic rings. The summed E-state index contributed by atoms with van der Waals surface area (Å²) in [5.41, 5.74) is -1.17. The number of nitrogens with one attached hydrogen (secondary N) is 1. The Kier molecular flexibility index (Phi) is 6.26. The third-order valence-corrected chi connectivity index (χ3v) is 3.15. The van der Waals surface area contributed by atoms with Crippen LogP contribution < -0.4 is 10.9 Å². The highest BCUT2D eigenvalue weighted by Gasteiger charge is 2.30. The van der Waals surface area contributed by atoms with Crippen LogP contribution in [-0.2, 0) is 12.7 Å². The molecule has 1 N–H and O–H groups in total. The quantitative estimate of drug-likeness (QED) is 0.783. The molecule has 1 aromatic rings. The molecule has 3 nitrogen and oxygen atoms in total. The first-order valence-corrected chi connectivity index (χ1v) is 6.85. The lowest BCUT2D eigenvalue weighted by Crippen LogP contribution is -2.25. The van der Waals surface area contributed by atoms with Crippen LogP contribution >= 0.6 is 0 Å². The summed E-state index contributed by atoms with van der Waals surface area (Å²) in [6.45, 7) is 5.31. The summed E-state index contributed by atoms with van der Waals surface area (Å²) >= 11 is 0. The van der Waals surface area contributed by atoms with E-state index in [2.05, 4.69) is 12.2 Å². The zero-order valence-electron chi connectivity index (χ0n) is 11.8. The molecule has 0 amide bonds. The van der Waals surface area contributed by atoms with Crippen molar-refractivity contribution >= 4 is 0 Å². The van der Waals surface area contributed by atoms with Gasteiger partial charge in [-0.15, -0.1) is 0 Å². The molecule has 0 aliphatic carbocycles. The van der Waals surface area contributed by atoms with Gasteiger partial charge in [0.2, 0.25) is 0 Å². The van der Waals surface area contributed by atoms with Crippen LogP contribution in [0.5, 0.6) is 0 Å². The summed E-state index contributed by atoms with van der Waals surface area (Å²) in [6, 6.07) is 2.19. The first-order valence-electron chi connectivity index (χ1n) is 6.85. The molecule has 1 aromatic heterocycles. The molecule has 1 rings (SSSR count). The molecule has 0 saturated carbocycles. The minimum absolute atomic E-state index is 0.321.